The number of benzene rings is 3. The van der Waals surface area contributed by atoms with E-state index in [-0.39, 0.29) is 17.5 Å². The number of aromatic amines is 1. The fraction of sp³-hybridized carbons (Fsp3) is 0.0667. The second-order valence-electron chi connectivity index (χ2n) is 8.83. The van der Waals surface area contributed by atoms with E-state index in [0.717, 1.165) is 32.1 Å². The number of hydrogen-bond acceptors (Lipinski definition) is 4. The van der Waals surface area contributed by atoms with Gasteiger partial charge in [0.05, 0.1) is 22.9 Å². The molecule has 0 radical (unpaired) electrons. The topological polar surface area (TPSA) is 78.4 Å². The third-order valence-corrected chi connectivity index (χ3v) is 7.03. The molecule has 2 aromatic heterocycles. The van der Waals surface area contributed by atoms with Gasteiger partial charge < -0.3 is 4.98 Å². The molecule has 0 saturated carbocycles. The number of H-pyrrole nitrogens is 1. The molecule has 1 amide bonds. The lowest BCUT2D eigenvalue weighted by Gasteiger charge is -2.22. The van der Waals surface area contributed by atoms with Crippen molar-refractivity contribution in [2.45, 2.75) is 12.5 Å². The van der Waals surface area contributed by atoms with Gasteiger partial charge in [0.1, 0.15) is 0 Å². The zero-order chi connectivity index (χ0) is 25.4. The minimum Gasteiger partial charge on any atom is -0.321 e. The van der Waals surface area contributed by atoms with Crippen molar-refractivity contribution in [3.05, 3.63) is 135 Å². The molecule has 3 heterocycles. The van der Waals surface area contributed by atoms with Crippen molar-refractivity contribution in [3.8, 4) is 11.1 Å². The molecule has 7 heteroatoms. The monoisotopic (exact) mass is 548 g/mol. The summed E-state index contributed by atoms with van der Waals surface area (Å²) < 4.78 is 0.902. The second-order valence-corrected chi connectivity index (χ2v) is 9.74. The zero-order valence-electron chi connectivity index (χ0n) is 19.6. The highest BCUT2D eigenvalue weighted by atomic mass is 79.9. The van der Waals surface area contributed by atoms with E-state index in [2.05, 4.69) is 25.9 Å². The molecule has 1 unspecified atom stereocenters. The van der Waals surface area contributed by atoms with Crippen molar-refractivity contribution >= 4 is 38.5 Å². The number of hydrazone groups is 1. The Bertz CT molecular complexity index is 1700. The Balaban J connectivity index is 1.58. The van der Waals surface area contributed by atoms with Crippen LogP contribution in [0.25, 0.3) is 22.0 Å². The summed E-state index contributed by atoms with van der Waals surface area (Å²) >= 11 is 3.58. The van der Waals surface area contributed by atoms with E-state index in [4.69, 9.17) is 5.10 Å². The normalized spacial score (nSPS) is 15.1. The van der Waals surface area contributed by atoms with E-state index in [1.54, 1.807) is 18.3 Å². The fourth-order valence-corrected chi connectivity index (χ4v) is 5.21. The van der Waals surface area contributed by atoms with E-state index in [9.17, 15) is 9.59 Å². The molecule has 3 aromatic carbocycles. The summed E-state index contributed by atoms with van der Waals surface area (Å²) in [4.78, 5) is 34.4. The van der Waals surface area contributed by atoms with Crippen molar-refractivity contribution in [3.63, 3.8) is 0 Å². The van der Waals surface area contributed by atoms with Gasteiger partial charge in [-0.3, -0.25) is 14.6 Å². The van der Waals surface area contributed by atoms with Crippen LogP contribution in [0.5, 0.6) is 0 Å². The molecule has 0 bridgehead atoms. The minimum absolute atomic E-state index is 0.241. The number of rotatable bonds is 4. The molecule has 0 spiro atoms. The van der Waals surface area contributed by atoms with Gasteiger partial charge in [-0.1, -0.05) is 76.6 Å². The predicted octanol–water partition coefficient (Wildman–Crippen LogP) is 6.34. The molecular weight excluding hydrogens is 528 g/mol. The lowest BCUT2D eigenvalue weighted by Crippen LogP contribution is -2.27. The quantitative estimate of drug-likeness (QED) is 0.284. The molecule has 1 aliphatic rings. The van der Waals surface area contributed by atoms with Gasteiger partial charge in [-0.25, -0.2) is 5.01 Å². The van der Waals surface area contributed by atoms with Crippen LogP contribution >= 0.6 is 15.9 Å². The number of hydrogen-bond donors (Lipinski definition) is 1. The first-order valence-corrected chi connectivity index (χ1v) is 12.7. The van der Waals surface area contributed by atoms with Gasteiger partial charge in [0.15, 0.2) is 0 Å². The van der Waals surface area contributed by atoms with Crippen molar-refractivity contribution in [1.82, 2.24) is 15.0 Å². The third-order valence-electron chi connectivity index (χ3n) is 6.54. The number of nitrogens with one attached hydrogen (secondary N) is 1. The van der Waals surface area contributed by atoms with Crippen LogP contribution in [0.2, 0.25) is 0 Å². The lowest BCUT2D eigenvalue weighted by atomic mass is 9.91. The van der Waals surface area contributed by atoms with Crippen LogP contribution in [0, 0.1) is 0 Å². The summed E-state index contributed by atoms with van der Waals surface area (Å²) in [6.07, 6.45) is 3.56. The van der Waals surface area contributed by atoms with E-state index in [1.807, 2.05) is 78.9 Å². The van der Waals surface area contributed by atoms with Crippen molar-refractivity contribution in [2.24, 2.45) is 5.10 Å². The maximum absolute atomic E-state index is 13.6. The van der Waals surface area contributed by atoms with E-state index in [1.165, 1.54) is 11.2 Å². The number of halogens is 1. The van der Waals surface area contributed by atoms with Gasteiger partial charge >= 0.3 is 0 Å². The Kier molecular flexibility index (Phi) is 5.98. The van der Waals surface area contributed by atoms with Crippen molar-refractivity contribution in [1.29, 1.82) is 0 Å². The summed E-state index contributed by atoms with van der Waals surface area (Å²) in [7, 11) is 0. The minimum atomic E-state index is -0.356. The second kappa shape index (κ2) is 9.59. The maximum Gasteiger partial charge on any atom is 0.276 e. The highest BCUT2D eigenvalue weighted by molar-refractivity contribution is 9.10. The molecular formula is C30H21BrN4O2. The number of carbonyl (C=O) groups is 1. The predicted molar refractivity (Wildman–Crippen MR) is 148 cm³/mol. The molecule has 1 N–H and O–H groups in total. The number of pyridine rings is 2. The first-order valence-electron chi connectivity index (χ1n) is 11.9. The molecule has 1 aliphatic heterocycles. The average Bonchev–Trinajstić information content (AvgIpc) is 3.38. The number of aromatic nitrogens is 2. The highest BCUT2D eigenvalue weighted by Gasteiger charge is 2.36. The summed E-state index contributed by atoms with van der Waals surface area (Å²) in [5.74, 6) is -0.266. The largest absolute Gasteiger partial charge is 0.321 e. The van der Waals surface area contributed by atoms with Crippen LogP contribution in [0.15, 0.2) is 118 Å². The average molecular weight is 549 g/mol. The van der Waals surface area contributed by atoms with Crippen LogP contribution in [-0.4, -0.2) is 26.6 Å². The number of nitrogens with zero attached hydrogens (tertiary/aromatic N) is 3. The van der Waals surface area contributed by atoms with Gasteiger partial charge in [-0.2, -0.15) is 5.10 Å². The van der Waals surface area contributed by atoms with E-state index in [0.29, 0.717) is 23.3 Å². The Morgan fingerprint density at radius 1 is 0.919 bits per heavy atom. The van der Waals surface area contributed by atoms with Gasteiger partial charge in [-0.15, -0.1) is 0 Å². The SMILES string of the molecule is O=C(c1cccnc1)N1N=C(c2c(-c3ccccc3)c3cc(Br)ccc3[nH]c2=O)CC1c1ccccc1. The Morgan fingerprint density at radius 3 is 2.41 bits per heavy atom. The maximum atomic E-state index is 13.6. The van der Waals surface area contributed by atoms with Crippen molar-refractivity contribution < 1.29 is 4.79 Å². The first kappa shape index (κ1) is 23.1. The number of carbonyl (C=O) groups excluding carboxylic acids is 1. The summed E-state index contributed by atoms with van der Waals surface area (Å²) in [5.41, 5.74) is 4.61. The van der Waals surface area contributed by atoms with Gasteiger partial charge in [0.2, 0.25) is 0 Å². The highest BCUT2D eigenvalue weighted by Crippen LogP contribution is 2.38. The molecule has 180 valence electrons. The van der Waals surface area contributed by atoms with Crippen LogP contribution in [0.4, 0.5) is 0 Å². The van der Waals surface area contributed by atoms with Crippen LogP contribution in [0.3, 0.4) is 0 Å². The van der Waals surface area contributed by atoms with E-state index < -0.39 is 0 Å². The zero-order valence-corrected chi connectivity index (χ0v) is 21.2. The third kappa shape index (κ3) is 4.27. The van der Waals surface area contributed by atoms with Crippen molar-refractivity contribution in [2.75, 3.05) is 0 Å². The summed E-state index contributed by atoms with van der Waals surface area (Å²) in [6, 6.07) is 28.5. The Hall–Kier alpha value is -4.36. The smallest absolute Gasteiger partial charge is 0.276 e. The van der Waals surface area contributed by atoms with Crippen LogP contribution in [-0.2, 0) is 0 Å². The lowest BCUT2D eigenvalue weighted by molar-refractivity contribution is 0.0710. The van der Waals surface area contributed by atoms with Crippen LogP contribution < -0.4 is 5.56 Å². The molecule has 6 nitrogen and oxygen atoms in total. The van der Waals surface area contributed by atoms with Gasteiger partial charge in [-0.05, 0) is 41.5 Å². The number of fused-ring (bicyclic) bond motifs is 1. The number of amides is 1. The molecule has 1 atom stereocenters. The van der Waals surface area contributed by atoms with E-state index >= 15 is 0 Å². The van der Waals surface area contributed by atoms with Crippen LogP contribution in [0.1, 0.15) is 33.9 Å². The summed E-state index contributed by atoms with van der Waals surface area (Å²) in [6.45, 7) is 0. The molecule has 0 aliphatic carbocycles. The Morgan fingerprint density at radius 2 is 1.68 bits per heavy atom. The Labute approximate surface area is 221 Å². The van der Waals surface area contributed by atoms with Gasteiger partial charge in [0, 0.05) is 39.8 Å². The molecule has 0 saturated heterocycles. The fourth-order valence-electron chi connectivity index (χ4n) is 4.85. The first-order chi connectivity index (χ1) is 18.1. The summed E-state index contributed by atoms with van der Waals surface area (Å²) in [5, 5.41) is 7.19. The molecule has 0 fully saturated rings. The molecule has 37 heavy (non-hydrogen) atoms. The standard InChI is InChI=1S/C30H21BrN4O2/c31-22-13-14-24-23(16-22)27(20-10-5-2-6-11-20)28(29(36)33-24)25-17-26(19-8-3-1-4-9-19)35(34-25)30(37)21-12-7-15-32-18-21/h1-16,18,26H,17H2,(H,33,36). The molecule has 6 rings (SSSR count). The van der Waals surface area contributed by atoms with Gasteiger partial charge in [0.25, 0.3) is 11.5 Å². The molecule has 5 aromatic rings.